The molecule has 2 rings (SSSR count). The van der Waals surface area contributed by atoms with E-state index in [9.17, 15) is 0 Å². The molecule has 100 valence electrons. The highest BCUT2D eigenvalue weighted by atomic mass is 32.2. The molecule has 1 aromatic carbocycles. The molecule has 1 aromatic heterocycles. The average Bonchev–Trinajstić information content (AvgIpc) is 2.43. The van der Waals surface area contributed by atoms with E-state index in [1.165, 1.54) is 27.3 Å². The van der Waals surface area contributed by atoms with Crippen LogP contribution in [0.4, 0.5) is 0 Å². The molecule has 2 nitrogen and oxygen atoms in total. The van der Waals surface area contributed by atoms with Crippen LogP contribution in [0.1, 0.15) is 24.5 Å². The number of nitrogens with zero attached hydrogens (tertiary/aromatic N) is 1. The molecule has 0 saturated carbocycles. The van der Waals surface area contributed by atoms with Crippen molar-refractivity contribution in [3.8, 4) is 0 Å². The van der Waals surface area contributed by atoms with Gasteiger partial charge in [0, 0.05) is 28.7 Å². The topological polar surface area (TPSA) is 24.9 Å². The predicted octanol–water partition coefficient (Wildman–Crippen LogP) is 4.04. The number of aromatic nitrogens is 1. The van der Waals surface area contributed by atoms with Crippen molar-refractivity contribution in [3.05, 3.63) is 53.9 Å². The van der Waals surface area contributed by atoms with Gasteiger partial charge in [-0.2, -0.15) is 0 Å². The maximum Gasteiger partial charge on any atom is 0.0279 e. The Bertz CT molecular complexity index is 511. The molecule has 0 amide bonds. The molecule has 0 spiro atoms. The number of hydrogen-bond acceptors (Lipinski definition) is 3. The first-order valence-corrected chi connectivity index (χ1v) is 7.49. The summed E-state index contributed by atoms with van der Waals surface area (Å²) in [4.78, 5) is 6.55. The van der Waals surface area contributed by atoms with Crippen LogP contribution in [0, 0.1) is 6.92 Å². The Morgan fingerprint density at radius 1 is 1.11 bits per heavy atom. The number of hydrogen-bond donors (Lipinski definition) is 1. The number of benzene rings is 1. The van der Waals surface area contributed by atoms with Crippen molar-refractivity contribution in [2.45, 2.75) is 36.6 Å². The van der Waals surface area contributed by atoms with Gasteiger partial charge in [0.05, 0.1) is 0 Å². The van der Waals surface area contributed by atoms with Gasteiger partial charge in [-0.25, -0.2) is 0 Å². The smallest absolute Gasteiger partial charge is 0.0279 e. The van der Waals surface area contributed by atoms with Gasteiger partial charge in [-0.05, 0) is 55.3 Å². The summed E-state index contributed by atoms with van der Waals surface area (Å²) in [6, 6.07) is 10.8. The number of nitrogens with one attached hydrogen (secondary N) is 1. The Morgan fingerprint density at radius 2 is 1.89 bits per heavy atom. The Morgan fingerprint density at radius 3 is 2.58 bits per heavy atom. The van der Waals surface area contributed by atoms with Crippen LogP contribution in [-0.4, -0.2) is 11.5 Å². The fourth-order valence-corrected chi connectivity index (χ4v) is 2.77. The van der Waals surface area contributed by atoms with E-state index in [1.807, 2.05) is 24.5 Å². The van der Waals surface area contributed by atoms with Crippen molar-refractivity contribution in [3.63, 3.8) is 0 Å². The van der Waals surface area contributed by atoms with Crippen molar-refractivity contribution in [1.29, 1.82) is 0 Å². The van der Waals surface area contributed by atoms with Crippen molar-refractivity contribution >= 4 is 11.8 Å². The van der Waals surface area contributed by atoms with Crippen molar-refractivity contribution in [2.24, 2.45) is 0 Å². The lowest BCUT2D eigenvalue weighted by molar-refractivity contribution is 0.673. The third kappa shape index (κ3) is 4.37. The third-order valence-corrected chi connectivity index (χ3v) is 3.94. The Balaban J connectivity index is 2.02. The molecule has 0 atom stereocenters. The summed E-state index contributed by atoms with van der Waals surface area (Å²) in [5.74, 6) is 0. The minimum Gasteiger partial charge on any atom is -0.313 e. The highest BCUT2D eigenvalue weighted by Gasteiger charge is 2.02. The van der Waals surface area contributed by atoms with Gasteiger partial charge in [-0.15, -0.1) is 0 Å². The number of aryl methyl sites for hydroxylation is 1. The second-order valence-corrected chi connectivity index (χ2v) is 5.70. The summed E-state index contributed by atoms with van der Waals surface area (Å²) in [6.07, 6.45) is 4.84. The molecule has 0 aliphatic heterocycles. The molecular formula is C16H20N2S. The van der Waals surface area contributed by atoms with E-state index < -0.39 is 0 Å². The third-order valence-electron chi connectivity index (χ3n) is 2.94. The summed E-state index contributed by atoms with van der Waals surface area (Å²) in [5, 5.41) is 3.45. The number of pyridine rings is 1. The Labute approximate surface area is 119 Å². The maximum absolute atomic E-state index is 4.04. The second-order valence-electron chi connectivity index (χ2n) is 4.55. The van der Waals surface area contributed by atoms with Gasteiger partial charge in [-0.1, -0.05) is 24.8 Å². The Hall–Kier alpha value is -1.32. The second kappa shape index (κ2) is 7.31. The molecular weight excluding hydrogens is 252 g/mol. The first-order valence-electron chi connectivity index (χ1n) is 6.67. The molecule has 1 heterocycles. The van der Waals surface area contributed by atoms with E-state index in [0.29, 0.717) is 0 Å². The monoisotopic (exact) mass is 272 g/mol. The zero-order valence-corrected chi connectivity index (χ0v) is 12.3. The normalized spacial score (nSPS) is 10.6. The molecule has 0 fully saturated rings. The van der Waals surface area contributed by atoms with Crippen LogP contribution in [0.3, 0.4) is 0 Å². The fraction of sp³-hybridized carbons (Fsp3) is 0.312. The first-order chi connectivity index (χ1) is 9.29. The molecule has 2 aromatic rings. The minimum atomic E-state index is 0.958. The van der Waals surface area contributed by atoms with Gasteiger partial charge in [0.2, 0.25) is 0 Å². The van der Waals surface area contributed by atoms with Crippen LogP contribution in [0.25, 0.3) is 0 Å². The van der Waals surface area contributed by atoms with E-state index in [4.69, 9.17) is 0 Å². The molecule has 3 heteroatoms. The summed E-state index contributed by atoms with van der Waals surface area (Å²) in [6.45, 7) is 6.40. The fourth-order valence-electron chi connectivity index (χ4n) is 1.87. The maximum atomic E-state index is 4.04. The molecule has 19 heavy (non-hydrogen) atoms. The van der Waals surface area contributed by atoms with Crippen LogP contribution in [-0.2, 0) is 6.54 Å². The van der Waals surface area contributed by atoms with E-state index >= 15 is 0 Å². The highest BCUT2D eigenvalue weighted by Crippen LogP contribution is 2.28. The predicted molar refractivity (Wildman–Crippen MR) is 81.5 cm³/mol. The van der Waals surface area contributed by atoms with Crippen LogP contribution in [0.15, 0.2) is 52.5 Å². The first kappa shape index (κ1) is 14.1. The van der Waals surface area contributed by atoms with Crippen molar-refractivity contribution in [1.82, 2.24) is 10.3 Å². The van der Waals surface area contributed by atoms with E-state index in [0.717, 1.165) is 13.1 Å². The van der Waals surface area contributed by atoms with Crippen LogP contribution in [0.5, 0.6) is 0 Å². The largest absolute Gasteiger partial charge is 0.313 e. The van der Waals surface area contributed by atoms with E-state index in [2.05, 4.69) is 42.3 Å². The standard InChI is InChI=1S/C16H20N2S/c1-3-8-18-12-14-4-5-16(11-13(14)2)19-15-6-9-17-10-7-15/h4-7,9-11,18H,3,8,12H2,1-2H3. The Kier molecular flexibility index (Phi) is 5.43. The highest BCUT2D eigenvalue weighted by molar-refractivity contribution is 7.99. The average molecular weight is 272 g/mol. The van der Waals surface area contributed by atoms with Crippen molar-refractivity contribution < 1.29 is 0 Å². The summed E-state index contributed by atoms with van der Waals surface area (Å²) in [7, 11) is 0. The van der Waals surface area contributed by atoms with Gasteiger partial charge < -0.3 is 5.32 Å². The lowest BCUT2D eigenvalue weighted by Crippen LogP contribution is -2.14. The summed E-state index contributed by atoms with van der Waals surface area (Å²) in [5.41, 5.74) is 2.73. The van der Waals surface area contributed by atoms with Gasteiger partial charge in [-0.3, -0.25) is 4.98 Å². The van der Waals surface area contributed by atoms with Crippen LogP contribution < -0.4 is 5.32 Å². The summed E-state index contributed by atoms with van der Waals surface area (Å²) < 4.78 is 0. The molecule has 0 aliphatic carbocycles. The zero-order chi connectivity index (χ0) is 13.5. The van der Waals surface area contributed by atoms with Gasteiger partial charge in [0.25, 0.3) is 0 Å². The molecule has 0 bridgehead atoms. The van der Waals surface area contributed by atoms with Crippen LogP contribution in [0.2, 0.25) is 0 Å². The van der Waals surface area contributed by atoms with Gasteiger partial charge in [0.1, 0.15) is 0 Å². The number of rotatable bonds is 6. The van der Waals surface area contributed by atoms with Gasteiger partial charge >= 0.3 is 0 Å². The molecule has 0 saturated heterocycles. The minimum absolute atomic E-state index is 0.958. The van der Waals surface area contributed by atoms with Crippen LogP contribution >= 0.6 is 11.8 Å². The lowest BCUT2D eigenvalue weighted by atomic mass is 10.1. The lowest BCUT2D eigenvalue weighted by Gasteiger charge is -2.09. The van der Waals surface area contributed by atoms with E-state index in [1.54, 1.807) is 11.8 Å². The summed E-state index contributed by atoms with van der Waals surface area (Å²) >= 11 is 1.78. The quantitative estimate of drug-likeness (QED) is 0.803. The SMILES string of the molecule is CCCNCc1ccc(Sc2ccncc2)cc1C. The molecule has 0 unspecified atom stereocenters. The zero-order valence-electron chi connectivity index (χ0n) is 11.5. The van der Waals surface area contributed by atoms with E-state index in [-0.39, 0.29) is 0 Å². The molecule has 0 aliphatic rings. The molecule has 0 radical (unpaired) electrons. The van der Waals surface area contributed by atoms with Crippen molar-refractivity contribution in [2.75, 3.05) is 6.54 Å². The van der Waals surface area contributed by atoms with Gasteiger partial charge in [0.15, 0.2) is 0 Å². The molecule has 1 N–H and O–H groups in total.